The number of hydrogen-bond acceptors (Lipinski definition) is 3. The summed E-state index contributed by atoms with van der Waals surface area (Å²) in [6, 6.07) is 0. The summed E-state index contributed by atoms with van der Waals surface area (Å²) < 4.78 is 49.5. The predicted octanol–water partition coefficient (Wildman–Crippen LogP) is 0.720. The first-order valence-corrected chi connectivity index (χ1v) is 4.54. The Labute approximate surface area is 88.6 Å². The van der Waals surface area contributed by atoms with Gasteiger partial charge in [-0.2, -0.15) is 13.2 Å². The minimum absolute atomic E-state index is 0.0978. The zero-order valence-corrected chi connectivity index (χ0v) is 8.18. The molecule has 0 aliphatic carbocycles. The molecule has 94 valence electrons. The van der Waals surface area contributed by atoms with E-state index in [1.807, 2.05) is 0 Å². The molecule has 0 aromatic heterocycles. The molecule has 0 aromatic rings. The first-order valence-electron chi connectivity index (χ1n) is 4.54. The Morgan fingerprint density at radius 1 is 1.44 bits per heavy atom. The second-order valence-corrected chi connectivity index (χ2v) is 3.70. The van der Waals surface area contributed by atoms with Gasteiger partial charge in [-0.1, -0.05) is 0 Å². The van der Waals surface area contributed by atoms with Crippen molar-refractivity contribution in [1.29, 1.82) is 0 Å². The summed E-state index contributed by atoms with van der Waals surface area (Å²) in [4.78, 5) is 8.90. The van der Waals surface area contributed by atoms with Gasteiger partial charge in [0.25, 0.3) is 0 Å². The van der Waals surface area contributed by atoms with E-state index in [1.54, 1.807) is 0 Å². The molecule has 0 unspecified atom stereocenters. The van der Waals surface area contributed by atoms with Crippen molar-refractivity contribution in [2.24, 2.45) is 0 Å². The molecule has 0 amide bonds. The molecule has 2 N–H and O–H groups in total. The lowest BCUT2D eigenvalue weighted by Gasteiger charge is -2.37. The molecule has 2 aliphatic rings. The Bertz CT molecular complexity index is 264. The minimum Gasteiger partial charge on any atom is -0.475 e. The number of alkyl halides is 4. The molecule has 2 heterocycles. The Hall–Kier alpha value is -0.890. The SMILES string of the molecule is F[C@@H]1COC2(CNC2)C1.O=C(O)C(F)(F)F. The van der Waals surface area contributed by atoms with Crippen molar-refractivity contribution in [2.45, 2.75) is 24.4 Å². The molecule has 2 saturated heterocycles. The van der Waals surface area contributed by atoms with E-state index in [9.17, 15) is 17.6 Å². The maximum absolute atomic E-state index is 12.5. The van der Waals surface area contributed by atoms with Crippen LogP contribution in [0.15, 0.2) is 0 Å². The third-order valence-electron chi connectivity index (χ3n) is 2.30. The highest BCUT2D eigenvalue weighted by atomic mass is 19.4. The fourth-order valence-corrected chi connectivity index (χ4v) is 1.44. The van der Waals surface area contributed by atoms with E-state index < -0.39 is 18.3 Å². The van der Waals surface area contributed by atoms with Gasteiger partial charge in [0.2, 0.25) is 0 Å². The lowest BCUT2D eigenvalue weighted by Crippen LogP contribution is -2.59. The van der Waals surface area contributed by atoms with Crippen LogP contribution in [0.2, 0.25) is 0 Å². The van der Waals surface area contributed by atoms with Crippen LogP contribution in [-0.4, -0.2) is 48.7 Å². The zero-order valence-electron chi connectivity index (χ0n) is 8.18. The maximum atomic E-state index is 12.5. The topological polar surface area (TPSA) is 58.6 Å². The molecule has 2 rings (SSSR count). The second kappa shape index (κ2) is 4.54. The van der Waals surface area contributed by atoms with Crippen LogP contribution < -0.4 is 5.32 Å². The van der Waals surface area contributed by atoms with Crippen LogP contribution in [0.25, 0.3) is 0 Å². The molecule has 16 heavy (non-hydrogen) atoms. The summed E-state index contributed by atoms with van der Waals surface area (Å²) >= 11 is 0. The van der Waals surface area contributed by atoms with Crippen molar-refractivity contribution in [3.63, 3.8) is 0 Å². The average molecular weight is 245 g/mol. The van der Waals surface area contributed by atoms with E-state index >= 15 is 0 Å². The summed E-state index contributed by atoms with van der Waals surface area (Å²) in [6.45, 7) is 1.99. The molecule has 1 spiro atoms. The van der Waals surface area contributed by atoms with Gasteiger partial charge in [0.1, 0.15) is 6.17 Å². The maximum Gasteiger partial charge on any atom is 0.490 e. The lowest BCUT2D eigenvalue weighted by molar-refractivity contribution is -0.192. The largest absolute Gasteiger partial charge is 0.490 e. The number of nitrogens with one attached hydrogen (secondary N) is 1. The van der Waals surface area contributed by atoms with Crippen molar-refractivity contribution < 1.29 is 32.2 Å². The van der Waals surface area contributed by atoms with Crippen LogP contribution in [0.3, 0.4) is 0 Å². The van der Waals surface area contributed by atoms with Crippen LogP contribution in [0.1, 0.15) is 6.42 Å². The number of carboxylic acids is 1. The third-order valence-corrected chi connectivity index (χ3v) is 2.30. The fourth-order valence-electron chi connectivity index (χ4n) is 1.44. The van der Waals surface area contributed by atoms with Crippen molar-refractivity contribution in [3.8, 4) is 0 Å². The van der Waals surface area contributed by atoms with Gasteiger partial charge in [0, 0.05) is 19.5 Å². The smallest absolute Gasteiger partial charge is 0.475 e. The molecular weight excluding hydrogens is 234 g/mol. The summed E-state index contributed by atoms with van der Waals surface area (Å²) in [6.07, 6.45) is -5.20. The van der Waals surface area contributed by atoms with Crippen molar-refractivity contribution in [3.05, 3.63) is 0 Å². The van der Waals surface area contributed by atoms with E-state index in [-0.39, 0.29) is 5.60 Å². The highest BCUT2D eigenvalue weighted by Gasteiger charge is 2.45. The van der Waals surface area contributed by atoms with E-state index in [2.05, 4.69) is 5.32 Å². The quantitative estimate of drug-likeness (QED) is 0.617. The van der Waals surface area contributed by atoms with Gasteiger partial charge < -0.3 is 15.2 Å². The number of hydrogen-bond donors (Lipinski definition) is 2. The highest BCUT2D eigenvalue weighted by molar-refractivity contribution is 5.73. The van der Waals surface area contributed by atoms with Gasteiger partial charge in [-0.25, -0.2) is 9.18 Å². The van der Waals surface area contributed by atoms with E-state index in [0.29, 0.717) is 13.0 Å². The van der Waals surface area contributed by atoms with Crippen molar-refractivity contribution >= 4 is 5.97 Å². The summed E-state index contributed by atoms with van der Waals surface area (Å²) in [5, 5.41) is 10.2. The third kappa shape index (κ3) is 3.31. The summed E-state index contributed by atoms with van der Waals surface area (Å²) in [5.74, 6) is -2.76. The van der Waals surface area contributed by atoms with E-state index in [1.165, 1.54) is 0 Å². The Morgan fingerprint density at radius 2 is 1.94 bits per heavy atom. The number of carbonyl (C=O) groups is 1. The normalized spacial score (nSPS) is 26.9. The van der Waals surface area contributed by atoms with E-state index in [0.717, 1.165) is 13.1 Å². The molecule has 0 bridgehead atoms. The number of ether oxygens (including phenoxy) is 1. The Balaban J connectivity index is 0.000000168. The van der Waals surface area contributed by atoms with Crippen molar-refractivity contribution in [1.82, 2.24) is 5.32 Å². The molecular formula is C8H11F4NO3. The molecule has 4 nitrogen and oxygen atoms in total. The van der Waals surface area contributed by atoms with Gasteiger partial charge >= 0.3 is 12.1 Å². The number of carboxylic acid groups (broad SMARTS) is 1. The number of rotatable bonds is 0. The molecule has 0 saturated carbocycles. The second-order valence-electron chi connectivity index (χ2n) is 3.70. The zero-order chi connectivity index (χ0) is 12.4. The summed E-state index contributed by atoms with van der Waals surface area (Å²) in [7, 11) is 0. The Morgan fingerprint density at radius 3 is 2.06 bits per heavy atom. The lowest BCUT2D eigenvalue weighted by atomic mass is 9.93. The highest BCUT2D eigenvalue weighted by Crippen LogP contribution is 2.30. The van der Waals surface area contributed by atoms with Gasteiger partial charge in [-0.05, 0) is 0 Å². The fraction of sp³-hybridized carbons (Fsp3) is 0.875. The molecule has 2 fully saturated rings. The van der Waals surface area contributed by atoms with Gasteiger partial charge in [-0.3, -0.25) is 0 Å². The first kappa shape index (κ1) is 13.2. The molecule has 0 radical (unpaired) electrons. The monoisotopic (exact) mass is 245 g/mol. The molecule has 2 aliphatic heterocycles. The standard InChI is InChI=1S/C6H10FNO.C2HF3O2/c7-5-1-6(9-2-5)3-8-4-6;3-2(4,5)1(6)7/h5,8H,1-4H2;(H,6,7)/t5-;/m0./s1. The van der Waals surface area contributed by atoms with Crippen LogP contribution in [0.4, 0.5) is 17.6 Å². The minimum atomic E-state index is -5.08. The van der Waals surface area contributed by atoms with Gasteiger partial charge in [0.15, 0.2) is 0 Å². The van der Waals surface area contributed by atoms with Gasteiger partial charge in [-0.15, -0.1) is 0 Å². The predicted molar refractivity (Wildman–Crippen MR) is 44.8 cm³/mol. The van der Waals surface area contributed by atoms with Crippen LogP contribution in [0.5, 0.6) is 0 Å². The van der Waals surface area contributed by atoms with Gasteiger partial charge in [0.05, 0.1) is 12.2 Å². The number of halogens is 4. The summed E-state index contributed by atoms with van der Waals surface area (Å²) in [5.41, 5.74) is -0.0978. The molecule has 8 heteroatoms. The Kier molecular flexibility index (Phi) is 3.74. The van der Waals surface area contributed by atoms with E-state index in [4.69, 9.17) is 14.6 Å². The van der Waals surface area contributed by atoms with Crippen LogP contribution >= 0.6 is 0 Å². The van der Waals surface area contributed by atoms with Crippen LogP contribution in [-0.2, 0) is 9.53 Å². The molecule has 0 aromatic carbocycles. The van der Waals surface area contributed by atoms with Crippen LogP contribution in [0, 0.1) is 0 Å². The number of aliphatic carboxylic acids is 1. The molecule has 1 atom stereocenters. The average Bonchev–Trinajstić information content (AvgIpc) is 2.46. The first-order chi connectivity index (χ1) is 7.25. The van der Waals surface area contributed by atoms with Crippen molar-refractivity contribution in [2.75, 3.05) is 19.7 Å².